The number of esters is 1. The molecule has 14 heteroatoms. The number of alkyl halides is 3. The Bertz CT molecular complexity index is 1010. The van der Waals surface area contributed by atoms with Crippen molar-refractivity contribution in [3.8, 4) is 0 Å². The van der Waals surface area contributed by atoms with E-state index in [0.717, 1.165) is 11.0 Å². The molecule has 0 aromatic carbocycles. The summed E-state index contributed by atoms with van der Waals surface area (Å²) in [6.45, 7) is 2.87. The van der Waals surface area contributed by atoms with Gasteiger partial charge in [-0.05, 0) is 43.1 Å². The van der Waals surface area contributed by atoms with E-state index in [4.69, 9.17) is 17.3 Å². The van der Waals surface area contributed by atoms with Gasteiger partial charge in [0, 0.05) is 18.6 Å². The van der Waals surface area contributed by atoms with Crippen molar-refractivity contribution in [3.63, 3.8) is 0 Å². The van der Waals surface area contributed by atoms with Crippen LogP contribution >= 0.6 is 11.6 Å². The highest BCUT2D eigenvalue weighted by molar-refractivity contribution is 6.80. The molecule has 0 radical (unpaired) electrons. The molecule has 33 heavy (non-hydrogen) atoms. The summed E-state index contributed by atoms with van der Waals surface area (Å²) in [6.07, 6.45) is -0.932. The van der Waals surface area contributed by atoms with Gasteiger partial charge in [0.25, 0.3) is 0 Å². The van der Waals surface area contributed by atoms with Crippen LogP contribution in [0.15, 0.2) is 30.7 Å². The normalized spacial score (nSPS) is 10.5. The highest BCUT2D eigenvalue weighted by atomic mass is 35.5. The Morgan fingerprint density at radius 2 is 1.73 bits per heavy atom. The van der Waals surface area contributed by atoms with Crippen LogP contribution in [-0.2, 0) is 43.2 Å². The van der Waals surface area contributed by atoms with E-state index in [1.165, 1.54) is 19.3 Å². The number of rotatable bonds is 6. The molecular formula is C19H19ClF3N5O5. The van der Waals surface area contributed by atoms with E-state index in [2.05, 4.69) is 19.7 Å². The Balaban J connectivity index is 0.000000582. The predicted octanol–water partition coefficient (Wildman–Crippen LogP) is 1.53. The van der Waals surface area contributed by atoms with Gasteiger partial charge in [0.15, 0.2) is 0 Å². The molecule has 0 saturated heterocycles. The fourth-order valence-electron chi connectivity index (χ4n) is 2.23. The standard InChI is InChI=1S/C15H14F3N5O2.C4H5ClO3/c1-9-5-10(15(16,17)18)6-22-11(9)7-23(14(25)13(19)24)8-12-20-3-2-4-21-12;1-2-8-4(7)3(5)6/h2-6H,7-8H2,1H3,(H2,19,24);2H2,1H3. The fourth-order valence-corrected chi connectivity index (χ4v) is 2.28. The molecule has 0 atom stereocenters. The average Bonchev–Trinajstić information content (AvgIpc) is 2.74. The third-order valence-electron chi connectivity index (χ3n) is 3.74. The third-order valence-corrected chi connectivity index (χ3v) is 3.89. The van der Waals surface area contributed by atoms with Gasteiger partial charge in [0.2, 0.25) is 0 Å². The number of primary amides is 1. The summed E-state index contributed by atoms with van der Waals surface area (Å²) in [7, 11) is 0. The number of nitrogens with two attached hydrogens (primary N) is 1. The predicted molar refractivity (Wildman–Crippen MR) is 107 cm³/mol. The van der Waals surface area contributed by atoms with Crippen molar-refractivity contribution in [2.45, 2.75) is 33.1 Å². The van der Waals surface area contributed by atoms with Crippen LogP contribution in [-0.4, -0.2) is 49.5 Å². The van der Waals surface area contributed by atoms with Gasteiger partial charge in [-0.2, -0.15) is 13.2 Å². The second kappa shape index (κ2) is 12.4. The molecule has 2 aromatic heterocycles. The zero-order chi connectivity index (χ0) is 25.2. The van der Waals surface area contributed by atoms with Gasteiger partial charge >= 0.3 is 29.2 Å². The Hall–Kier alpha value is -3.61. The molecule has 2 aromatic rings. The first-order chi connectivity index (χ1) is 15.4. The first-order valence-corrected chi connectivity index (χ1v) is 9.48. The Morgan fingerprint density at radius 1 is 1.12 bits per heavy atom. The van der Waals surface area contributed by atoms with Crippen LogP contribution in [0, 0.1) is 6.92 Å². The summed E-state index contributed by atoms with van der Waals surface area (Å²) in [6, 6.07) is 2.50. The highest BCUT2D eigenvalue weighted by Crippen LogP contribution is 2.29. The van der Waals surface area contributed by atoms with Crippen LogP contribution in [0.1, 0.15) is 29.6 Å². The summed E-state index contributed by atoms with van der Waals surface area (Å²) in [4.78, 5) is 55.7. The zero-order valence-electron chi connectivity index (χ0n) is 17.4. The van der Waals surface area contributed by atoms with Gasteiger partial charge in [-0.1, -0.05) is 0 Å². The number of aromatic nitrogens is 3. The van der Waals surface area contributed by atoms with Crippen LogP contribution < -0.4 is 5.73 Å². The van der Waals surface area contributed by atoms with Crippen LogP contribution in [0.2, 0.25) is 0 Å². The average molecular weight is 490 g/mol. The molecule has 0 aliphatic heterocycles. The Labute approximate surface area is 190 Å². The number of carbonyl (C=O) groups excluding carboxylic acids is 4. The summed E-state index contributed by atoms with van der Waals surface area (Å²) >= 11 is 4.69. The smallest absolute Gasteiger partial charge is 0.417 e. The lowest BCUT2D eigenvalue weighted by molar-refractivity contribution is -0.149. The van der Waals surface area contributed by atoms with Crippen molar-refractivity contribution in [2.75, 3.05) is 6.61 Å². The van der Waals surface area contributed by atoms with Crippen LogP contribution in [0.3, 0.4) is 0 Å². The maximum atomic E-state index is 12.7. The molecule has 2 N–H and O–H groups in total. The van der Waals surface area contributed by atoms with Crippen molar-refractivity contribution in [3.05, 3.63) is 53.4 Å². The molecule has 0 bridgehead atoms. The van der Waals surface area contributed by atoms with E-state index < -0.39 is 34.8 Å². The zero-order valence-corrected chi connectivity index (χ0v) is 18.2. The van der Waals surface area contributed by atoms with Gasteiger partial charge in [-0.25, -0.2) is 14.8 Å². The third kappa shape index (κ3) is 9.19. The molecule has 0 fully saturated rings. The molecule has 178 valence electrons. The van der Waals surface area contributed by atoms with Crippen molar-refractivity contribution in [2.24, 2.45) is 5.73 Å². The Kier molecular flexibility index (Phi) is 10.3. The van der Waals surface area contributed by atoms with Gasteiger partial charge in [-0.3, -0.25) is 19.4 Å². The van der Waals surface area contributed by atoms with E-state index in [1.54, 1.807) is 13.0 Å². The van der Waals surface area contributed by atoms with E-state index >= 15 is 0 Å². The van der Waals surface area contributed by atoms with Crippen LogP contribution in [0.25, 0.3) is 0 Å². The number of pyridine rings is 1. The largest absolute Gasteiger partial charge is 0.459 e. The maximum absolute atomic E-state index is 12.7. The fraction of sp³-hybridized carbons (Fsp3) is 0.316. The van der Waals surface area contributed by atoms with Gasteiger partial charge in [0.1, 0.15) is 5.82 Å². The number of hydrogen-bond acceptors (Lipinski definition) is 8. The number of hydrogen-bond donors (Lipinski definition) is 1. The van der Waals surface area contributed by atoms with E-state index in [1.807, 2.05) is 0 Å². The van der Waals surface area contributed by atoms with Crippen LogP contribution in [0.5, 0.6) is 0 Å². The molecule has 2 amide bonds. The van der Waals surface area contributed by atoms with Crippen molar-refractivity contribution in [1.29, 1.82) is 0 Å². The SMILES string of the molecule is CCOC(=O)C(=O)Cl.Cc1cc(C(F)(F)F)cnc1CN(Cc1ncccn1)C(=O)C(N)=O. The van der Waals surface area contributed by atoms with Crippen molar-refractivity contribution in [1.82, 2.24) is 19.9 Å². The highest BCUT2D eigenvalue weighted by Gasteiger charge is 2.31. The number of nitrogens with zero attached hydrogens (tertiary/aromatic N) is 4. The molecule has 10 nitrogen and oxygen atoms in total. The van der Waals surface area contributed by atoms with E-state index in [0.29, 0.717) is 6.20 Å². The minimum Gasteiger partial charge on any atom is -0.459 e. The molecule has 2 rings (SSSR count). The summed E-state index contributed by atoms with van der Waals surface area (Å²) in [5, 5.41) is -1.08. The molecule has 0 unspecified atom stereocenters. The molecule has 0 spiro atoms. The van der Waals surface area contributed by atoms with E-state index in [-0.39, 0.29) is 36.8 Å². The molecule has 0 saturated carbocycles. The number of ether oxygens (including phenoxy) is 1. The summed E-state index contributed by atoms with van der Waals surface area (Å²) in [5.74, 6) is -2.94. The van der Waals surface area contributed by atoms with Crippen molar-refractivity contribution >= 4 is 34.6 Å². The monoisotopic (exact) mass is 489 g/mol. The lowest BCUT2D eigenvalue weighted by Crippen LogP contribution is -2.40. The van der Waals surface area contributed by atoms with Crippen LogP contribution in [0.4, 0.5) is 13.2 Å². The second-order valence-electron chi connectivity index (χ2n) is 6.17. The molecule has 0 aliphatic carbocycles. The molecular weight excluding hydrogens is 471 g/mol. The lowest BCUT2D eigenvalue weighted by atomic mass is 10.1. The maximum Gasteiger partial charge on any atom is 0.417 e. The van der Waals surface area contributed by atoms with Gasteiger partial charge in [-0.15, -0.1) is 0 Å². The minimum absolute atomic E-state index is 0.134. The first-order valence-electron chi connectivity index (χ1n) is 9.10. The van der Waals surface area contributed by atoms with E-state index in [9.17, 15) is 32.3 Å². The Morgan fingerprint density at radius 3 is 2.15 bits per heavy atom. The minimum atomic E-state index is -4.52. The van der Waals surface area contributed by atoms with Gasteiger partial charge < -0.3 is 15.4 Å². The summed E-state index contributed by atoms with van der Waals surface area (Å²) < 4.78 is 42.3. The first kappa shape index (κ1) is 27.4. The topological polar surface area (TPSA) is 145 Å². The molecule has 0 aliphatic rings. The number of carbonyl (C=O) groups is 4. The van der Waals surface area contributed by atoms with Gasteiger partial charge in [0.05, 0.1) is 31.0 Å². The number of halogens is 4. The summed E-state index contributed by atoms with van der Waals surface area (Å²) in [5.41, 5.74) is 4.56. The number of aryl methyl sites for hydroxylation is 1. The lowest BCUT2D eigenvalue weighted by Gasteiger charge is -2.21. The molecule has 2 heterocycles. The quantitative estimate of drug-likeness (QED) is 0.365. The number of amides is 2. The van der Waals surface area contributed by atoms with Crippen molar-refractivity contribution < 1.29 is 37.1 Å². The second-order valence-corrected chi connectivity index (χ2v) is 6.51.